The van der Waals surface area contributed by atoms with Crippen LogP contribution in [0.5, 0.6) is 0 Å². The van der Waals surface area contributed by atoms with Crippen LogP contribution in [-0.4, -0.2) is 10.8 Å². The second-order valence-electron chi connectivity index (χ2n) is 5.12. The van der Waals surface area contributed by atoms with Crippen molar-refractivity contribution in [3.63, 3.8) is 0 Å². The fourth-order valence-corrected chi connectivity index (χ4v) is 5.07. The van der Waals surface area contributed by atoms with Gasteiger partial charge in [-0.25, -0.2) is 0 Å². The topological polar surface area (TPSA) is 0 Å². The van der Waals surface area contributed by atoms with E-state index < -0.39 is 0 Å². The van der Waals surface area contributed by atoms with Gasteiger partial charge in [-0.15, -0.1) is 23.2 Å². The summed E-state index contributed by atoms with van der Waals surface area (Å²) in [4.78, 5) is 0. The maximum absolute atomic E-state index is 6.31. The number of hydrogen-bond donors (Lipinski definition) is 0. The Bertz CT molecular complexity index is 314. The highest BCUT2D eigenvalue weighted by molar-refractivity contribution is 6.31. The second-order valence-corrected chi connectivity index (χ2v) is 6.13. The molecule has 0 aromatic heterocycles. The SMILES string of the molecule is Cl[C@@H]1[C@H](Cl)[C@@H]2[C@H]3C=C[C@@H]([C@H]4C=C[C@H]43)[C@@H]12. The molecule has 2 bridgehead atoms. The zero-order valence-electron chi connectivity index (χ0n) is 7.68. The maximum atomic E-state index is 6.31. The molecule has 14 heavy (non-hydrogen) atoms. The van der Waals surface area contributed by atoms with Crippen LogP contribution in [0.1, 0.15) is 0 Å². The first-order chi connectivity index (χ1) is 6.79. The first-order valence-electron chi connectivity index (χ1n) is 5.44. The van der Waals surface area contributed by atoms with Gasteiger partial charge in [-0.05, 0) is 35.5 Å². The van der Waals surface area contributed by atoms with Gasteiger partial charge in [0.15, 0.2) is 0 Å². The van der Waals surface area contributed by atoms with Gasteiger partial charge >= 0.3 is 0 Å². The van der Waals surface area contributed by atoms with E-state index in [2.05, 4.69) is 24.3 Å². The van der Waals surface area contributed by atoms with E-state index >= 15 is 0 Å². The highest BCUT2D eigenvalue weighted by Crippen LogP contribution is 2.64. The van der Waals surface area contributed by atoms with E-state index in [0.717, 1.165) is 11.8 Å². The molecule has 0 nitrogen and oxygen atoms in total. The molecule has 0 aliphatic heterocycles. The summed E-state index contributed by atoms with van der Waals surface area (Å²) in [6.45, 7) is 0. The summed E-state index contributed by atoms with van der Waals surface area (Å²) in [7, 11) is 0. The maximum Gasteiger partial charge on any atom is 0.0540 e. The lowest BCUT2D eigenvalue weighted by molar-refractivity contribution is -0.0256. The van der Waals surface area contributed by atoms with Crippen LogP contribution in [0.15, 0.2) is 24.3 Å². The average molecular weight is 227 g/mol. The molecule has 5 aliphatic rings. The Morgan fingerprint density at radius 1 is 0.571 bits per heavy atom. The Hall–Kier alpha value is 0.0600. The predicted molar refractivity (Wildman–Crippen MR) is 58.5 cm³/mol. The molecule has 0 spiro atoms. The van der Waals surface area contributed by atoms with Crippen molar-refractivity contribution >= 4 is 23.2 Å². The lowest BCUT2D eigenvalue weighted by Gasteiger charge is -2.64. The van der Waals surface area contributed by atoms with E-state index in [9.17, 15) is 0 Å². The van der Waals surface area contributed by atoms with Gasteiger partial charge in [0.1, 0.15) is 0 Å². The summed E-state index contributed by atoms with van der Waals surface area (Å²) in [6.07, 6.45) is 9.53. The third-order valence-corrected chi connectivity index (χ3v) is 6.07. The monoisotopic (exact) mass is 226 g/mol. The smallest absolute Gasteiger partial charge is 0.0540 e. The normalized spacial score (nSPS) is 66.7. The summed E-state index contributed by atoms with van der Waals surface area (Å²) in [6, 6.07) is 0. The molecule has 0 radical (unpaired) electrons. The molecule has 0 heterocycles. The summed E-state index contributed by atoms with van der Waals surface area (Å²) in [5.74, 6) is 4.30. The van der Waals surface area contributed by atoms with E-state index in [1.165, 1.54) is 0 Å². The summed E-state index contributed by atoms with van der Waals surface area (Å²) in [5.41, 5.74) is 0. The van der Waals surface area contributed by atoms with Gasteiger partial charge in [0, 0.05) is 0 Å². The van der Waals surface area contributed by atoms with Crippen molar-refractivity contribution in [1.82, 2.24) is 0 Å². The Labute approximate surface area is 94.0 Å². The van der Waals surface area contributed by atoms with Crippen molar-refractivity contribution < 1.29 is 0 Å². The molecule has 2 fully saturated rings. The summed E-state index contributed by atoms with van der Waals surface area (Å²) < 4.78 is 0. The van der Waals surface area contributed by atoms with E-state index in [1.54, 1.807) is 0 Å². The average Bonchev–Trinajstić information content (AvgIpc) is 2.15. The van der Waals surface area contributed by atoms with Gasteiger partial charge in [0.2, 0.25) is 0 Å². The van der Waals surface area contributed by atoms with Gasteiger partial charge in [-0.3, -0.25) is 0 Å². The molecule has 5 aliphatic carbocycles. The zero-order valence-corrected chi connectivity index (χ0v) is 9.20. The molecule has 0 saturated heterocycles. The van der Waals surface area contributed by atoms with Crippen molar-refractivity contribution in [3.05, 3.63) is 24.3 Å². The Balaban J connectivity index is 1.80. The van der Waals surface area contributed by atoms with Crippen LogP contribution in [0.3, 0.4) is 0 Å². The van der Waals surface area contributed by atoms with Gasteiger partial charge in [-0.2, -0.15) is 0 Å². The Morgan fingerprint density at radius 3 is 1.29 bits per heavy atom. The molecule has 2 saturated carbocycles. The van der Waals surface area contributed by atoms with Crippen molar-refractivity contribution in [2.75, 3.05) is 0 Å². The molecular weight excluding hydrogens is 215 g/mol. The molecule has 0 unspecified atom stereocenters. The zero-order chi connectivity index (χ0) is 9.45. The quantitative estimate of drug-likeness (QED) is 0.440. The lowest BCUT2D eigenvalue weighted by atomic mass is 9.44. The first-order valence-corrected chi connectivity index (χ1v) is 6.31. The molecule has 5 rings (SSSR count). The standard InChI is InChI=1S/C12H12Cl2/c13-11-9-7-3-4-8(10(9)12(11)14)6-2-1-5(6)7/h1-12H/t5-,6+,7-,8-,9+,10+,11-,12+/m0/s1. The second kappa shape index (κ2) is 2.41. The molecule has 0 aromatic rings. The number of halogens is 2. The minimum atomic E-state index is 0.217. The Morgan fingerprint density at radius 2 is 0.929 bits per heavy atom. The van der Waals surface area contributed by atoms with Crippen LogP contribution in [0.2, 0.25) is 0 Å². The van der Waals surface area contributed by atoms with Gasteiger partial charge < -0.3 is 0 Å². The summed E-state index contributed by atoms with van der Waals surface area (Å²) in [5, 5.41) is 0.433. The van der Waals surface area contributed by atoms with E-state index in [1.807, 2.05) is 0 Å². The van der Waals surface area contributed by atoms with Gasteiger partial charge in [-0.1, -0.05) is 24.3 Å². The van der Waals surface area contributed by atoms with E-state index in [-0.39, 0.29) is 10.8 Å². The van der Waals surface area contributed by atoms with Crippen LogP contribution >= 0.6 is 23.2 Å². The van der Waals surface area contributed by atoms with Crippen LogP contribution in [0.25, 0.3) is 0 Å². The van der Waals surface area contributed by atoms with Crippen molar-refractivity contribution in [2.24, 2.45) is 35.5 Å². The molecule has 2 heteroatoms. The fraction of sp³-hybridized carbons (Fsp3) is 0.667. The third kappa shape index (κ3) is 0.695. The number of allylic oxidation sites excluding steroid dienone is 4. The van der Waals surface area contributed by atoms with Crippen LogP contribution in [0, 0.1) is 35.5 Å². The highest BCUT2D eigenvalue weighted by atomic mass is 35.5. The minimum Gasteiger partial charge on any atom is -0.121 e. The van der Waals surface area contributed by atoms with Crippen molar-refractivity contribution in [1.29, 1.82) is 0 Å². The number of alkyl halides is 2. The molecule has 0 amide bonds. The number of hydrogen-bond acceptors (Lipinski definition) is 0. The first kappa shape index (κ1) is 8.24. The fourth-order valence-electron chi connectivity index (χ4n) is 4.06. The van der Waals surface area contributed by atoms with E-state index in [0.29, 0.717) is 23.7 Å². The molecule has 8 atom stereocenters. The van der Waals surface area contributed by atoms with Crippen molar-refractivity contribution in [3.8, 4) is 0 Å². The van der Waals surface area contributed by atoms with Gasteiger partial charge in [0.05, 0.1) is 10.8 Å². The summed E-state index contributed by atoms with van der Waals surface area (Å²) >= 11 is 12.6. The molecule has 0 N–H and O–H groups in total. The predicted octanol–water partition coefficient (Wildman–Crippen LogP) is 3.07. The van der Waals surface area contributed by atoms with Gasteiger partial charge in [0.25, 0.3) is 0 Å². The minimum absolute atomic E-state index is 0.217. The van der Waals surface area contributed by atoms with Crippen molar-refractivity contribution in [2.45, 2.75) is 10.8 Å². The van der Waals surface area contributed by atoms with Crippen LogP contribution in [0.4, 0.5) is 0 Å². The molecular formula is C12H12Cl2. The highest BCUT2D eigenvalue weighted by Gasteiger charge is 2.63. The van der Waals surface area contributed by atoms with Crippen LogP contribution in [-0.2, 0) is 0 Å². The molecule has 74 valence electrons. The largest absolute Gasteiger partial charge is 0.121 e. The van der Waals surface area contributed by atoms with Crippen LogP contribution < -0.4 is 0 Å². The van der Waals surface area contributed by atoms with E-state index in [4.69, 9.17) is 23.2 Å². The third-order valence-electron chi connectivity index (χ3n) is 4.82. The molecule has 0 aromatic carbocycles. The Kier molecular flexibility index (Phi) is 1.42. The lowest BCUT2D eigenvalue weighted by Crippen LogP contribution is -2.64. The number of rotatable bonds is 0.